The van der Waals surface area contributed by atoms with Crippen molar-refractivity contribution >= 4 is 23.6 Å². The van der Waals surface area contributed by atoms with E-state index in [1.807, 2.05) is 20.8 Å². The number of thioether (sulfide) groups is 1. The van der Waals surface area contributed by atoms with Crippen LogP contribution in [0.3, 0.4) is 0 Å². The maximum Gasteiger partial charge on any atom is 0.307 e. The molecule has 7 heteroatoms. The van der Waals surface area contributed by atoms with Gasteiger partial charge in [-0.3, -0.25) is 9.59 Å². The number of hydrogen-bond donors (Lipinski definition) is 0. The highest BCUT2D eigenvalue weighted by Gasteiger charge is 2.15. The molecule has 1 rings (SSSR count). The van der Waals surface area contributed by atoms with Gasteiger partial charge in [-0.25, -0.2) is 0 Å². The average molecular weight is 314 g/mol. The molecule has 118 valence electrons. The van der Waals surface area contributed by atoms with E-state index in [0.717, 1.165) is 17.0 Å². The van der Waals surface area contributed by atoms with Crippen LogP contribution < -0.4 is 0 Å². The number of ether oxygens (including phenoxy) is 1. The number of hydrogen-bond acceptors (Lipinski definition) is 6. The predicted molar refractivity (Wildman–Crippen MR) is 81.0 cm³/mol. The fourth-order valence-corrected chi connectivity index (χ4v) is 2.90. The average Bonchev–Trinajstić information content (AvgIpc) is 2.79. The van der Waals surface area contributed by atoms with Gasteiger partial charge in [0.15, 0.2) is 0 Å². The molecular weight excluding hydrogens is 292 g/mol. The summed E-state index contributed by atoms with van der Waals surface area (Å²) in [6.07, 6.45) is 0.227. The van der Waals surface area contributed by atoms with Gasteiger partial charge in [-0.05, 0) is 20.8 Å². The standard InChI is InChI=1S/C14H22N2O4S/c1-5-16(7-6-14(18)19-4)13(17)9-21-8-12-10(2)15-20-11(12)3/h5-9H2,1-4H3. The van der Waals surface area contributed by atoms with Crippen LogP contribution in [0, 0.1) is 13.8 Å². The molecule has 0 atom stereocenters. The molecule has 1 aromatic heterocycles. The summed E-state index contributed by atoms with van der Waals surface area (Å²) in [6.45, 7) is 6.64. The molecule has 0 unspecified atom stereocenters. The minimum Gasteiger partial charge on any atom is -0.469 e. The summed E-state index contributed by atoms with van der Waals surface area (Å²) in [5.74, 6) is 1.59. The fraction of sp³-hybridized carbons (Fsp3) is 0.643. The van der Waals surface area contributed by atoms with E-state index in [1.165, 1.54) is 18.9 Å². The molecule has 0 spiro atoms. The number of esters is 1. The molecule has 0 aliphatic heterocycles. The SMILES string of the molecule is CCN(CCC(=O)OC)C(=O)CSCc1c(C)noc1C. The molecule has 0 saturated carbocycles. The number of carbonyl (C=O) groups is 2. The van der Waals surface area contributed by atoms with Crippen molar-refractivity contribution in [3.05, 3.63) is 17.0 Å². The van der Waals surface area contributed by atoms with Crippen molar-refractivity contribution in [3.8, 4) is 0 Å². The van der Waals surface area contributed by atoms with Crippen LogP contribution in [0.25, 0.3) is 0 Å². The van der Waals surface area contributed by atoms with Gasteiger partial charge in [0.2, 0.25) is 5.91 Å². The van der Waals surface area contributed by atoms with Crippen molar-refractivity contribution in [1.29, 1.82) is 0 Å². The summed E-state index contributed by atoms with van der Waals surface area (Å²) in [4.78, 5) is 24.9. The molecule has 0 aromatic carbocycles. The van der Waals surface area contributed by atoms with Gasteiger partial charge in [-0.2, -0.15) is 0 Å². The van der Waals surface area contributed by atoms with E-state index in [9.17, 15) is 9.59 Å². The molecule has 0 saturated heterocycles. The van der Waals surface area contributed by atoms with E-state index < -0.39 is 0 Å². The smallest absolute Gasteiger partial charge is 0.307 e. The topological polar surface area (TPSA) is 72.6 Å². The lowest BCUT2D eigenvalue weighted by Gasteiger charge is -2.20. The zero-order valence-corrected chi connectivity index (χ0v) is 13.8. The summed E-state index contributed by atoms with van der Waals surface area (Å²) in [6, 6.07) is 0. The number of carbonyl (C=O) groups excluding carboxylic acids is 2. The Labute approximate surface area is 129 Å². The van der Waals surface area contributed by atoms with Crippen molar-refractivity contribution in [2.45, 2.75) is 32.9 Å². The highest BCUT2D eigenvalue weighted by Crippen LogP contribution is 2.19. The Balaban J connectivity index is 2.39. The Morgan fingerprint density at radius 3 is 2.62 bits per heavy atom. The Kier molecular flexibility index (Phi) is 7.28. The summed E-state index contributed by atoms with van der Waals surface area (Å²) in [5.41, 5.74) is 1.91. The monoisotopic (exact) mass is 314 g/mol. The molecule has 1 heterocycles. The number of amides is 1. The van der Waals surface area contributed by atoms with Crippen LogP contribution in [0.4, 0.5) is 0 Å². The van der Waals surface area contributed by atoms with Gasteiger partial charge in [0.25, 0.3) is 0 Å². The number of methoxy groups -OCH3 is 1. The molecule has 6 nitrogen and oxygen atoms in total. The van der Waals surface area contributed by atoms with E-state index in [2.05, 4.69) is 9.89 Å². The van der Waals surface area contributed by atoms with E-state index in [1.54, 1.807) is 4.90 Å². The van der Waals surface area contributed by atoms with Gasteiger partial charge in [0, 0.05) is 24.4 Å². The molecule has 0 bridgehead atoms. The second-order valence-electron chi connectivity index (χ2n) is 4.60. The number of rotatable bonds is 8. The minimum atomic E-state index is -0.301. The third-order valence-electron chi connectivity index (χ3n) is 3.20. The van der Waals surface area contributed by atoms with Crippen molar-refractivity contribution in [1.82, 2.24) is 10.1 Å². The van der Waals surface area contributed by atoms with Crippen LogP contribution in [-0.4, -0.2) is 47.9 Å². The van der Waals surface area contributed by atoms with Gasteiger partial charge in [0.1, 0.15) is 5.76 Å². The summed E-state index contributed by atoms with van der Waals surface area (Å²) >= 11 is 1.52. The summed E-state index contributed by atoms with van der Waals surface area (Å²) in [7, 11) is 1.35. The molecule has 1 aromatic rings. The summed E-state index contributed by atoms with van der Waals surface area (Å²) < 4.78 is 9.67. The molecule has 0 N–H and O–H groups in total. The Hall–Kier alpha value is -1.50. The van der Waals surface area contributed by atoms with Gasteiger partial charge in [-0.15, -0.1) is 11.8 Å². The molecule has 0 aliphatic carbocycles. The highest BCUT2D eigenvalue weighted by molar-refractivity contribution is 7.99. The third-order valence-corrected chi connectivity index (χ3v) is 4.14. The number of aromatic nitrogens is 1. The van der Waals surface area contributed by atoms with Crippen LogP contribution >= 0.6 is 11.8 Å². The van der Waals surface area contributed by atoms with Gasteiger partial charge < -0.3 is 14.2 Å². The lowest BCUT2D eigenvalue weighted by molar-refractivity contribution is -0.141. The Morgan fingerprint density at radius 1 is 1.38 bits per heavy atom. The van der Waals surface area contributed by atoms with Gasteiger partial charge in [0.05, 0.1) is 25.0 Å². The van der Waals surface area contributed by atoms with Crippen molar-refractivity contribution in [3.63, 3.8) is 0 Å². The highest BCUT2D eigenvalue weighted by atomic mass is 32.2. The van der Waals surface area contributed by atoms with Crippen LogP contribution in [0.5, 0.6) is 0 Å². The van der Waals surface area contributed by atoms with Crippen LogP contribution in [0.1, 0.15) is 30.4 Å². The molecule has 1 amide bonds. The number of nitrogens with zero attached hydrogens (tertiary/aromatic N) is 2. The maximum absolute atomic E-state index is 12.1. The van der Waals surface area contributed by atoms with Crippen LogP contribution in [-0.2, 0) is 20.1 Å². The van der Waals surface area contributed by atoms with E-state index >= 15 is 0 Å². The predicted octanol–water partition coefficient (Wildman–Crippen LogP) is 1.94. The zero-order chi connectivity index (χ0) is 15.8. The molecule has 21 heavy (non-hydrogen) atoms. The molecule has 0 radical (unpaired) electrons. The second-order valence-corrected chi connectivity index (χ2v) is 5.58. The molecule has 0 fully saturated rings. The number of aryl methyl sites for hydroxylation is 2. The zero-order valence-electron chi connectivity index (χ0n) is 13.0. The van der Waals surface area contributed by atoms with Crippen LogP contribution in [0.15, 0.2) is 4.52 Å². The van der Waals surface area contributed by atoms with Gasteiger partial charge >= 0.3 is 5.97 Å². The van der Waals surface area contributed by atoms with Crippen LogP contribution in [0.2, 0.25) is 0 Å². The Bertz CT molecular complexity index is 468. The first-order chi connectivity index (χ1) is 9.99. The van der Waals surface area contributed by atoms with E-state index in [-0.39, 0.29) is 18.3 Å². The lowest BCUT2D eigenvalue weighted by Crippen LogP contribution is -2.34. The fourth-order valence-electron chi connectivity index (χ4n) is 1.83. The van der Waals surface area contributed by atoms with Crippen molar-refractivity contribution in [2.75, 3.05) is 26.0 Å². The third kappa shape index (κ3) is 5.41. The van der Waals surface area contributed by atoms with E-state index in [0.29, 0.717) is 24.6 Å². The molecule has 0 aliphatic rings. The quantitative estimate of drug-likeness (QED) is 0.683. The van der Waals surface area contributed by atoms with E-state index in [4.69, 9.17) is 4.52 Å². The minimum absolute atomic E-state index is 0.0261. The maximum atomic E-state index is 12.1. The first kappa shape index (κ1) is 17.6. The molecular formula is C14H22N2O4S. The normalized spacial score (nSPS) is 10.5. The van der Waals surface area contributed by atoms with Gasteiger partial charge in [-0.1, -0.05) is 5.16 Å². The second kappa shape index (κ2) is 8.71. The first-order valence-electron chi connectivity index (χ1n) is 6.83. The van der Waals surface area contributed by atoms with Crippen molar-refractivity contribution in [2.24, 2.45) is 0 Å². The largest absolute Gasteiger partial charge is 0.469 e. The first-order valence-corrected chi connectivity index (χ1v) is 7.99. The summed E-state index contributed by atoms with van der Waals surface area (Å²) in [5, 5.41) is 3.89. The van der Waals surface area contributed by atoms with Crippen molar-refractivity contribution < 1.29 is 18.8 Å². The Morgan fingerprint density at radius 2 is 2.10 bits per heavy atom. The lowest BCUT2D eigenvalue weighted by atomic mass is 10.2.